The van der Waals surface area contributed by atoms with E-state index < -0.39 is 0 Å². The van der Waals surface area contributed by atoms with E-state index in [1.807, 2.05) is 12.1 Å². The standard InChI is InChI=1S/C63H47N3/c1-4-14-43(15-5-1)45-28-32-49(33-29-45)60-64-61(50-34-30-46(31-35-50)44-16-6-2-7-17-44)66-62(65-60)55-21-13-19-52(41-55)48-26-24-47(25-27-48)51-18-12-20-53(40-51)54-36-37-57-56-22-8-9-23-58(56)63(59(57)42-54)38-10-3-11-39-63/h1-2,4-9,12-37,40-42H,3,10-11,38-39H2. The van der Waals surface area contributed by atoms with Gasteiger partial charge >= 0.3 is 0 Å². The Morgan fingerprint density at radius 1 is 0.242 bits per heavy atom. The predicted octanol–water partition coefficient (Wildman–Crippen LogP) is 16.4. The maximum absolute atomic E-state index is 5.12. The van der Waals surface area contributed by atoms with E-state index in [-0.39, 0.29) is 5.41 Å². The highest BCUT2D eigenvalue weighted by atomic mass is 15.0. The van der Waals surface area contributed by atoms with Crippen LogP contribution >= 0.6 is 0 Å². The summed E-state index contributed by atoms with van der Waals surface area (Å²) in [5.41, 5.74) is 20.7. The third-order valence-electron chi connectivity index (χ3n) is 14.0. The monoisotopic (exact) mass is 845 g/mol. The average molecular weight is 846 g/mol. The molecule has 10 aromatic rings. The van der Waals surface area contributed by atoms with Crippen molar-refractivity contribution in [2.45, 2.75) is 37.5 Å². The van der Waals surface area contributed by atoms with E-state index in [0.29, 0.717) is 17.5 Å². The third kappa shape index (κ3) is 7.33. The van der Waals surface area contributed by atoms with Crippen LogP contribution in [-0.4, -0.2) is 15.0 Å². The minimum absolute atomic E-state index is 0.142. The number of hydrogen-bond donors (Lipinski definition) is 0. The molecule has 1 aromatic heterocycles. The number of fused-ring (bicyclic) bond motifs is 5. The minimum Gasteiger partial charge on any atom is -0.208 e. The Kier molecular flexibility index (Phi) is 10.1. The molecule has 0 atom stereocenters. The van der Waals surface area contributed by atoms with Gasteiger partial charge in [0, 0.05) is 22.1 Å². The molecule has 0 radical (unpaired) electrons. The highest BCUT2D eigenvalue weighted by Crippen LogP contribution is 2.56. The van der Waals surface area contributed by atoms with Gasteiger partial charge in [0.15, 0.2) is 17.5 Å². The molecule has 3 nitrogen and oxygen atoms in total. The van der Waals surface area contributed by atoms with Crippen molar-refractivity contribution in [3.05, 3.63) is 236 Å². The van der Waals surface area contributed by atoms with Crippen LogP contribution in [0.1, 0.15) is 43.2 Å². The van der Waals surface area contributed by atoms with Crippen molar-refractivity contribution in [1.29, 1.82) is 0 Å². The quantitative estimate of drug-likeness (QED) is 0.153. The van der Waals surface area contributed by atoms with Gasteiger partial charge in [0.05, 0.1) is 0 Å². The molecule has 1 spiro atoms. The molecule has 9 aromatic carbocycles. The van der Waals surface area contributed by atoms with Crippen LogP contribution in [0.2, 0.25) is 0 Å². The molecule has 0 N–H and O–H groups in total. The summed E-state index contributed by atoms with van der Waals surface area (Å²) < 4.78 is 0. The summed E-state index contributed by atoms with van der Waals surface area (Å²) in [5, 5.41) is 0. The first-order valence-corrected chi connectivity index (χ1v) is 23.3. The Morgan fingerprint density at radius 2 is 0.591 bits per heavy atom. The molecule has 1 fully saturated rings. The minimum atomic E-state index is 0.142. The molecule has 3 heteroatoms. The smallest absolute Gasteiger partial charge is 0.164 e. The normalized spacial score (nSPS) is 13.6. The van der Waals surface area contributed by atoms with Crippen LogP contribution < -0.4 is 0 Å². The van der Waals surface area contributed by atoms with Crippen molar-refractivity contribution in [2.75, 3.05) is 0 Å². The van der Waals surface area contributed by atoms with Gasteiger partial charge in [-0.3, -0.25) is 0 Å². The second kappa shape index (κ2) is 16.8. The fourth-order valence-corrected chi connectivity index (χ4v) is 10.5. The summed E-state index contributed by atoms with van der Waals surface area (Å²) in [5.74, 6) is 1.91. The molecule has 12 rings (SSSR count). The summed E-state index contributed by atoms with van der Waals surface area (Å²) in [4.78, 5) is 15.3. The summed E-state index contributed by atoms with van der Waals surface area (Å²) in [6, 6.07) is 80.8. The zero-order valence-corrected chi connectivity index (χ0v) is 36.7. The van der Waals surface area contributed by atoms with Gasteiger partial charge in [-0.05, 0) is 109 Å². The Bertz CT molecular complexity index is 3250. The number of rotatable bonds is 8. The van der Waals surface area contributed by atoms with Crippen LogP contribution in [0.5, 0.6) is 0 Å². The molecule has 2 aliphatic carbocycles. The number of benzene rings is 9. The van der Waals surface area contributed by atoms with Crippen LogP contribution in [0.25, 0.3) is 101 Å². The lowest BCUT2D eigenvalue weighted by atomic mass is 9.67. The molecule has 1 heterocycles. The van der Waals surface area contributed by atoms with Gasteiger partial charge in [-0.15, -0.1) is 0 Å². The van der Waals surface area contributed by atoms with Crippen molar-refractivity contribution in [1.82, 2.24) is 15.0 Å². The number of nitrogens with zero attached hydrogens (tertiary/aromatic N) is 3. The molecule has 0 unspecified atom stereocenters. The SMILES string of the molecule is c1ccc(-c2ccc(-c3nc(-c4ccc(-c5ccccc5)cc4)nc(-c4cccc(-c5ccc(-c6cccc(-c7ccc8c(c7)C7(CCCCC7)c7ccccc7-8)c6)cc5)c4)n3)cc2)cc1. The lowest BCUT2D eigenvalue weighted by molar-refractivity contribution is 0.353. The fraction of sp³-hybridized carbons (Fsp3) is 0.0952. The van der Waals surface area contributed by atoms with Gasteiger partial charge in [0.1, 0.15) is 0 Å². The molecule has 0 amide bonds. The Morgan fingerprint density at radius 3 is 1.14 bits per heavy atom. The zero-order valence-electron chi connectivity index (χ0n) is 36.7. The first-order valence-electron chi connectivity index (χ1n) is 23.3. The molecule has 0 aliphatic heterocycles. The highest BCUT2D eigenvalue weighted by Gasteiger charge is 2.43. The first kappa shape index (κ1) is 39.6. The molecule has 0 saturated heterocycles. The van der Waals surface area contributed by atoms with E-state index >= 15 is 0 Å². The molecular weight excluding hydrogens is 799 g/mol. The Balaban J connectivity index is 0.851. The first-order chi connectivity index (χ1) is 32.6. The third-order valence-corrected chi connectivity index (χ3v) is 14.0. The second-order valence-corrected chi connectivity index (χ2v) is 17.9. The topological polar surface area (TPSA) is 38.7 Å². The largest absolute Gasteiger partial charge is 0.208 e. The van der Waals surface area contributed by atoms with Crippen molar-refractivity contribution in [3.8, 4) is 101 Å². The molecule has 0 bridgehead atoms. The maximum atomic E-state index is 5.12. The van der Waals surface area contributed by atoms with Crippen LogP contribution in [0.3, 0.4) is 0 Å². The summed E-state index contributed by atoms with van der Waals surface area (Å²) in [6.07, 6.45) is 6.40. The van der Waals surface area contributed by atoms with Crippen molar-refractivity contribution < 1.29 is 0 Å². The Labute approximate surface area is 387 Å². The highest BCUT2D eigenvalue weighted by molar-refractivity contribution is 5.85. The summed E-state index contributed by atoms with van der Waals surface area (Å²) >= 11 is 0. The van der Waals surface area contributed by atoms with Gasteiger partial charge in [-0.2, -0.15) is 0 Å². The molecule has 66 heavy (non-hydrogen) atoms. The van der Waals surface area contributed by atoms with E-state index in [9.17, 15) is 0 Å². The fourth-order valence-electron chi connectivity index (χ4n) is 10.5. The Hall–Kier alpha value is -8.01. The summed E-state index contributed by atoms with van der Waals surface area (Å²) in [7, 11) is 0. The number of aromatic nitrogens is 3. The van der Waals surface area contributed by atoms with E-state index in [0.717, 1.165) is 38.9 Å². The van der Waals surface area contributed by atoms with Gasteiger partial charge in [-0.1, -0.05) is 226 Å². The average Bonchev–Trinajstić information content (AvgIpc) is 3.66. The zero-order chi connectivity index (χ0) is 43.9. The second-order valence-electron chi connectivity index (χ2n) is 17.9. The molecule has 1 saturated carbocycles. The number of hydrogen-bond acceptors (Lipinski definition) is 3. The van der Waals surface area contributed by atoms with Crippen LogP contribution in [-0.2, 0) is 5.41 Å². The van der Waals surface area contributed by atoms with Crippen LogP contribution in [0, 0.1) is 0 Å². The molecule has 314 valence electrons. The van der Waals surface area contributed by atoms with Gasteiger partial charge < -0.3 is 0 Å². The summed E-state index contributed by atoms with van der Waals surface area (Å²) in [6.45, 7) is 0. The van der Waals surface area contributed by atoms with E-state index in [1.165, 1.54) is 87.7 Å². The van der Waals surface area contributed by atoms with Crippen molar-refractivity contribution in [2.24, 2.45) is 0 Å². The van der Waals surface area contributed by atoms with Crippen LogP contribution in [0.4, 0.5) is 0 Å². The van der Waals surface area contributed by atoms with E-state index in [4.69, 9.17) is 15.0 Å². The van der Waals surface area contributed by atoms with Gasteiger partial charge in [-0.25, -0.2) is 15.0 Å². The van der Waals surface area contributed by atoms with Gasteiger partial charge in [0.2, 0.25) is 0 Å². The van der Waals surface area contributed by atoms with Crippen molar-refractivity contribution in [3.63, 3.8) is 0 Å². The lowest BCUT2D eigenvalue weighted by Crippen LogP contribution is -2.28. The van der Waals surface area contributed by atoms with E-state index in [1.54, 1.807) is 0 Å². The van der Waals surface area contributed by atoms with Crippen LogP contribution in [0.15, 0.2) is 224 Å². The molecular formula is C63H47N3. The maximum Gasteiger partial charge on any atom is 0.164 e. The van der Waals surface area contributed by atoms with Gasteiger partial charge in [0.25, 0.3) is 0 Å². The van der Waals surface area contributed by atoms with Crippen molar-refractivity contribution >= 4 is 0 Å². The lowest BCUT2D eigenvalue weighted by Gasteiger charge is -2.36. The van der Waals surface area contributed by atoms with E-state index in [2.05, 4.69) is 212 Å². The molecule has 2 aliphatic rings. The predicted molar refractivity (Wildman–Crippen MR) is 273 cm³/mol.